The first-order chi connectivity index (χ1) is 15.7. The number of hydrogen-bond donors (Lipinski definition) is 1. The summed E-state index contributed by atoms with van der Waals surface area (Å²) in [5.41, 5.74) is 3.47. The number of ether oxygens (including phenoxy) is 2. The van der Waals surface area contributed by atoms with Crippen molar-refractivity contribution in [3.63, 3.8) is 0 Å². The number of carbonyl (C=O) groups is 1. The first kappa shape index (κ1) is 23.4. The number of aliphatic imine (C=N–C) groups is 1. The quantitative estimate of drug-likeness (QED) is 0.666. The lowest BCUT2D eigenvalue weighted by Gasteiger charge is -2.28. The number of carbonyl (C=O) groups excluding carboxylic acids is 1. The molecular weight excluding hydrogens is 462 g/mol. The molecule has 10 heteroatoms. The van der Waals surface area contributed by atoms with E-state index >= 15 is 0 Å². The highest BCUT2D eigenvalue weighted by Gasteiger charge is 2.48. The molecule has 0 saturated carbocycles. The smallest absolute Gasteiger partial charge is 0.234 e. The van der Waals surface area contributed by atoms with Crippen LogP contribution in [-0.4, -0.2) is 63.1 Å². The molecule has 2 heterocycles. The van der Waals surface area contributed by atoms with E-state index in [0.717, 1.165) is 16.8 Å². The lowest BCUT2D eigenvalue weighted by Crippen LogP contribution is -2.39. The second kappa shape index (κ2) is 9.26. The molecule has 1 fully saturated rings. The fraction of sp³-hybridized carbons (Fsp3) is 0.391. The second-order valence-corrected chi connectivity index (χ2v) is 11.2. The first-order valence-electron chi connectivity index (χ1n) is 10.5. The molecule has 0 aliphatic carbocycles. The van der Waals surface area contributed by atoms with E-state index in [2.05, 4.69) is 5.32 Å². The van der Waals surface area contributed by atoms with Gasteiger partial charge < -0.3 is 19.7 Å². The third-order valence-electron chi connectivity index (χ3n) is 5.83. The van der Waals surface area contributed by atoms with Crippen LogP contribution < -0.4 is 19.7 Å². The van der Waals surface area contributed by atoms with Crippen molar-refractivity contribution in [2.24, 2.45) is 4.99 Å². The number of nitrogens with one attached hydrogen (secondary N) is 1. The van der Waals surface area contributed by atoms with E-state index in [9.17, 15) is 13.2 Å². The van der Waals surface area contributed by atoms with Gasteiger partial charge in [0.25, 0.3) is 0 Å². The number of sulfone groups is 1. The van der Waals surface area contributed by atoms with Crippen LogP contribution in [0.5, 0.6) is 11.5 Å². The van der Waals surface area contributed by atoms with Gasteiger partial charge in [0.2, 0.25) is 5.91 Å². The van der Waals surface area contributed by atoms with E-state index in [0.29, 0.717) is 22.4 Å². The van der Waals surface area contributed by atoms with Crippen LogP contribution in [0.3, 0.4) is 0 Å². The number of aryl methyl sites for hydroxylation is 2. The number of amides is 1. The highest BCUT2D eigenvalue weighted by molar-refractivity contribution is 8.14. The van der Waals surface area contributed by atoms with Crippen molar-refractivity contribution in [1.29, 1.82) is 0 Å². The van der Waals surface area contributed by atoms with Gasteiger partial charge in [-0.15, -0.1) is 0 Å². The van der Waals surface area contributed by atoms with Gasteiger partial charge in [-0.05, 0) is 37.1 Å². The predicted octanol–water partition coefficient (Wildman–Crippen LogP) is 3.03. The summed E-state index contributed by atoms with van der Waals surface area (Å²) >= 11 is 1.29. The molecule has 176 valence electrons. The zero-order valence-corrected chi connectivity index (χ0v) is 20.6. The molecule has 2 aromatic carbocycles. The first-order valence-corrected chi connectivity index (χ1v) is 13.3. The Hall–Kier alpha value is -2.72. The summed E-state index contributed by atoms with van der Waals surface area (Å²) in [5, 5.41) is 3.59. The summed E-state index contributed by atoms with van der Waals surface area (Å²) in [7, 11) is -0.0648. The van der Waals surface area contributed by atoms with E-state index in [1.54, 1.807) is 32.4 Å². The number of anilines is 2. The van der Waals surface area contributed by atoms with Gasteiger partial charge in [-0.25, -0.2) is 8.42 Å². The number of fused-ring (bicyclic) bond motifs is 1. The maximum absolute atomic E-state index is 12.7. The van der Waals surface area contributed by atoms with E-state index in [1.165, 1.54) is 11.8 Å². The molecule has 2 aromatic rings. The van der Waals surface area contributed by atoms with Crippen LogP contribution in [-0.2, 0) is 14.6 Å². The zero-order valence-electron chi connectivity index (χ0n) is 19.0. The summed E-state index contributed by atoms with van der Waals surface area (Å²) in [6.07, 6.45) is 0. The van der Waals surface area contributed by atoms with E-state index < -0.39 is 9.84 Å². The molecule has 1 amide bonds. The highest BCUT2D eigenvalue weighted by Crippen LogP contribution is 2.41. The molecule has 0 radical (unpaired) electrons. The minimum atomic E-state index is -3.20. The van der Waals surface area contributed by atoms with Crippen LogP contribution in [0.15, 0.2) is 41.4 Å². The Kier molecular flexibility index (Phi) is 6.58. The monoisotopic (exact) mass is 489 g/mol. The fourth-order valence-corrected chi connectivity index (χ4v) is 6.98. The summed E-state index contributed by atoms with van der Waals surface area (Å²) in [6, 6.07) is 10.5. The van der Waals surface area contributed by atoms with Crippen molar-refractivity contribution in [1.82, 2.24) is 0 Å². The summed E-state index contributed by atoms with van der Waals surface area (Å²) in [5.74, 6) is 1.18. The predicted molar refractivity (Wildman–Crippen MR) is 133 cm³/mol. The third kappa shape index (κ3) is 4.81. The van der Waals surface area contributed by atoms with Gasteiger partial charge in [0.15, 0.2) is 15.0 Å². The fourth-order valence-electron chi connectivity index (χ4n) is 4.22. The Morgan fingerprint density at radius 3 is 2.55 bits per heavy atom. The Morgan fingerprint density at radius 1 is 1.15 bits per heavy atom. The second-order valence-electron chi connectivity index (χ2n) is 8.13. The molecule has 0 bridgehead atoms. The molecule has 2 atom stereocenters. The van der Waals surface area contributed by atoms with Crippen molar-refractivity contribution in [3.8, 4) is 11.5 Å². The van der Waals surface area contributed by atoms with Crippen molar-refractivity contribution in [3.05, 3.63) is 47.5 Å². The van der Waals surface area contributed by atoms with Gasteiger partial charge in [-0.1, -0.05) is 30.0 Å². The minimum Gasteiger partial charge on any atom is -0.497 e. The molecule has 2 aliphatic heterocycles. The number of thioether (sulfide) groups is 1. The topological polar surface area (TPSA) is 97.3 Å². The number of benzene rings is 2. The lowest BCUT2D eigenvalue weighted by atomic mass is 10.1. The van der Waals surface area contributed by atoms with Gasteiger partial charge in [0.1, 0.15) is 11.5 Å². The molecule has 1 N–H and O–H groups in total. The molecule has 0 aromatic heterocycles. The van der Waals surface area contributed by atoms with Crippen LogP contribution in [0.4, 0.5) is 11.4 Å². The molecule has 2 aliphatic rings. The van der Waals surface area contributed by atoms with Gasteiger partial charge in [-0.2, -0.15) is 0 Å². The van der Waals surface area contributed by atoms with Gasteiger partial charge >= 0.3 is 0 Å². The van der Waals surface area contributed by atoms with Crippen molar-refractivity contribution in [2.45, 2.75) is 25.9 Å². The maximum atomic E-state index is 12.7. The standard InChI is InChI=1S/C23H27N3O5S2/c1-14-6-5-7-15(2)22(14)25-21(27)11-32-23-24-17-12-33(28,29)13-19(17)26(23)18-10-16(30-3)8-9-20(18)31-4/h5-10,17,19H,11-13H2,1-4H3,(H,25,27)/t17-,19+/m1/s1. The van der Waals surface area contributed by atoms with Gasteiger partial charge in [0.05, 0.1) is 49.2 Å². The number of para-hydroxylation sites is 1. The number of rotatable bonds is 6. The summed E-state index contributed by atoms with van der Waals surface area (Å²) in [4.78, 5) is 19.3. The number of methoxy groups -OCH3 is 2. The number of nitrogens with zero attached hydrogens (tertiary/aromatic N) is 2. The SMILES string of the molecule is COc1ccc(OC)c(N2C(SCC(=O)Nc3c(C)cccc3C)=N[C@@H]3CS(=O)(=O)C[C@@H]32)c1. The highest BCUT2D eigenvalue weighted by atomic mass is 32.2. The van der Waals surface area contributed by atoms with E-state index in [1.807, 2.05) is 36.9 Å². The maximum Gasteiger partial charge on any atom is 0.234 e. The van der Waals surface area contributed by atoms with Crippen LogP contribution in [0.25, 0.3) is 0 Å². The van der Waals surface area contributed by atoms with E-state index in [-0.39, 0.29) is 35.2 Å². The van der Waals surface area contributed by atoms with Crippen molar-refractivity contribution in [2.75, 3.05) is 41.7 Å². The Balaban J connectivity index is 1.59. The molecule has 0 unspecified atom stereocenters. The normalized spacial score (nSPS) is 20.8. The van der Waals surface area contributed by atoms with Crippen LogP contribution in [0.1, 0.15) is 11.1 Å². The largest absolute Gasteiger partial charge is 0.497 e. The third-order valence-corrected chi connectivity index (χ3v) is 8.50. The molecule has 8 nitrogen and oxygen atoms in total. The molecule has 33 heavy (non-hydrogen) atoms. The molecule has 0 spiro atoms. The minimum absolute atomic E-state index is 0.000190. The van der Waals surface area contributed by atoms with Crippen molar-refractivity contribution < 1.29 is 22.7 Å². The Morgan fingerprint density at radius 2 is 1.88 bits per heavy atom. The average Bonchev–Trinajstić information content (AvgIpc) is 3.25. The molecule has 1 saturated heterocycles. The zero-order chi connectivity index (χ0) is 23.8. The van der Waals surface area contributed by atoms with E-state index in [4.69, 9.17) is 14.5 Å². The summed E-state index contributed by atoms with van der Waals surface area (Å²) in [6.45, 7) is 3.91. The van der Waals surface area contributed by atoms with Gasteiger partial charge in [-0.3, -0.25) is 9.79 Å². The van der Waals surface area contributed by atoms with Crippen LogP contribution in [0, 0.1) is 13.8 Å². The number of amidine groups is 1. The van der Waals surface area contributed by atoms with Crippen LogP contribution in [0.2, 0.25) is 0 Å². The van der Waals surface area contributed by atoms with Gasteiger partial charge in [0, 0.05) is 11.8 Å². The van der Waals surface area contributed by atoms with Crippen molar-refractivity contribution >= 4 is 44.0 Å². The summed E-state index contributed by atoms with van der Waals surface area (Å²) < 4.78 is 35.6. The molecule has 4 rings (SSSR count). The van der Waals surface area contributed by atoms with Crippen LogP contribution >= 0.6 is 11.8 Å². The number of hydrogen-bond acceptors (Lipinski definition) is 8. The average molecular weight is 490 g/mol. The lowest BCUT2D eigenvalue weighted by molar-refractivity contribution is -0.113. The molecular formula is C23H27N3O5S2. The Bertz CT molecular complexity index is 1190. The Labute approximate surface area is 198 Å².